The molecule has 116 valence electrons. The third kappa shape index (κ3) is 2.47. The number of carbonyl (C=O) groups excluding carboxylic acids is 1. The summed E-state index contributed by atoms with van der Waals surface area (Å²) in [6.07, 6.45) is 2.44. The van der Waals surface area contributed by atoms with E-state index < -0.39 is 5.79 Å². The van der Waals surface area contributed by atoms with Crippen LogP contribution in [-0.4, -0.2) is 44.8 Å². The lowest BCUT2D eigenvalue weighted by molar-refractivity contribution is -0.190. The molecule has 1 heterocycles. The predicted molar refractivity (Wildman–Crippen MR) is 73.2 cm³/mol. The van der Waals surface area contributed by atoms with Crippen LogP contribution >= 0.6 is 0 Å². The summed E-state index contributed by atoms with van der Waals surface area (Å²) in [7, 11) is 3.10. The standard InChI is InChI=1S/C15H26O5/c1-6-15(8-7-10(15)13(16)18-5)12-11(9-17-4)19-14(2,3)20-12/h10-12H,6-9H2,1-5H3/t10-,11-,12?,15+/m1/s1. The second-order valence-corrected chi connectivity index (χ2v) is 6.25. The van der Waals surface area contributed by atoms with Crippen LogP contribution in [0.25, 0.3) is 0 Å². The molecule has 4 atom stereocenters. The molecule has 1 aliphatic heterocycles. The van der Waals surface area contributed by atoms with E-state index in [2.05, 4.69) is 6.92 Å². The molecule has 5 nitrogen and oxygen atoms in total. The topological polar surface area (TPSA) is 54.0 Å². The van der Waals surface area contributed by atoms with Crippen LogP contribution in [0.15, 0.2) is 0 Å². The molecular weight excluding hydrogens is 260 g/mol. The van der Waals surface area contributed by atoms with Crippen molar-refractivity contribution in [2.24, 2.45) is 11.3 Å². The summed E-state index contributed by atoms with van der Waals surface area (Å²) >= 11 is 0. The van der Waals surface area contributed by atoms with Crippen molar-refractivity contribution in [1.82, 2.24) is 0 Å². The van der Waals surface area contributed by atoms with Crippen LogP contribution in [0.4, 0.5) is 0 Å². The first kappa shape index (κ1) is 15.7. The van der Waals surface area contributed by atoms with E-state index >= 15 is 0 Å². The number of ether oxygens (including phenoxy) is 4. The highest BCUT2D eigenvalue weighted by Crippen LogP contribution is 2.56. The lowest BCUT2D eigenvalue weighted by atomic mass is 9.55. The fourth-order valence-electron chi connectivity index (χ4n) is 3.73. The van der Waals surface area contributed by atoms with Crippen molar-refractivity contribution < 1.29 is 23.7 Å². The summed E-state index contributed by atoms with van der Waals surface area (Å²) in [6, 6.07) is 0. The fraction of sp³-hybridized carbons (Fsp3) is 0.933. The van der Waals surface area contributed by atoms with Crippen molar-refractivity contribution in [2.45, 2.75) is 58.0 Å². The van der Waals surface area contributed by atoms with E-state index in [1.807, 2.05) is 13.8 Å². The van der Waals surface area contributed by atoms with E-state index in [9.17, 15) is 4.79 Å². The predicted octanol–water partition coefficient (Wildman–Crippen LogP) is 2.13. The van der Waals surface area contributed by atoms with E-state index in [0.29, 0.717) is 6.61 Å². The first-order valence-corrected chi connectivity index (χ1v) is 7.32. The molecular formula is C15H26O5. The zero-order chi connectivity index (χ0) is 15.0. The Kier molecular flexibility index (Phi) is 4.42. The van der Waals surface area contributed by atoms with Gasteiger partial charge in [-0.2, -0.15) is 0 Å². The van der Waals surface area contributed by atoms with Crippen LogP contribution in [0.3, 0.4) is 0 Å². The maximum Gasteiger partial charge on any atom is 0.309 e. The Hall–Kier alpha value is -0.650. The average Bonchev–Trinajstić information content (AvgIpc) is 2.65. The molecule has 0 aromatic rings. The number of methoxy groups -OCH3 is 2. The van der Waals surface area contributed by atoms with E-state index in [1.54, 1.807) is 7.11 Å². The van der Waals surface area contributed by atoms with E-state index in [1.165, 1.54) is 7.11 Å². The van der Waals surface area contributed by atoms with E-state index in [-0.39, 0.29) is 29.5 Å². The maximum atomic E-state index is 12.0. The average molecular weight is 286 g/mol. The second-order valence-electron chi connectivity index (χ2n) is 6.25. The van der Waals surface area contributed by atoms with Crippen LogP contribution in [0.2, 0.25) is 0 Å². The molecule has 1 saturated carbocycles. The van der Waals surface area contributed by atoms with E-state index in [0.717, 1.165) is 19.3 Å². The van der Waals surface area contributed by atoms with Gasteiger partial charge in [-0.15, -0.1) is 0 Å². The van der Waals surface area contributed by atoms with Crippen LogP contribution < -0.4 is 0 Å². The Bertz CT molecular complexity index is 363. The number of rotatable bonds is 5. The third-order valence-electron chi connectivity index (χ3n) is 4.82. The normalized spacial score (nSPS) is 39.4. The molecule has 0 N–H and O–H groups in total. The van der Waals surface area contributed by atoms with Crippen LogP contribution in [-0.2, 0) is 23.7 Å². The van der Waals surface area contributed by atoms with Gasteiger partial charge in [-0.05, 0) is 33.1 Å². The van der Waals surface area contributed by atoms with Crippen molar-refractivity contribution in [2.75, 3.05) is 20.8 Å². The minimum atomic E-state index is -0.633. The Balaban J connectivity index is 2.23. The van der Waals surface area contributed by atoms with Crippen molar-refractivity contribution in [3.05, 3.63) is 0 Å². The van der Waals surface area contributed by atoms with Gasteiger partial charge in [0.1, 0.15) is 6.10 Å². The minimum absolute atomic E-state index is 0.0978. The van der Waals surface area contributed by atoms with Crippen molar-refractivity contribution in [1.29, 1.82) is 0 Å². The molecule has 2 aliphatic rings. The zero-order valence-electron chi connectivity index (χ0n) is 13.1. The van der Waals surface area contributed by atoms with Gasteiger partial charge in [-0.25, -0.2) is 0 Å². The number of hydrogen-bond donors (Lipinski definition) is 0. The molecule has 0 aromatic carbocycles. The van der Waals surface area contributed by atoms with E-state index in [4.69, 9.17) is 18.9 Å². The molecule has 0 amide bonds. The Morgan fingerprint density at radius 3 is 2.45 bits per heavy atom. The Labute approximate surface area is 120 Å². The third-order valence-corrected chi connectivity index (χ3v) is 4.82. The highest BCUT2D eigenvalue weighted by atomic mass is 16.8. The quantitative estimate of drug-likeness (QED) is 0.725. The van der Waals surface area contributed by atoms with Gasteiger partial charge in [0.15, 0.2) is 5.79 Å². The molecule has 2 fully saturated rings. The van der Waals surface area contributed by atoms with Gasteiger partial charge in [0.05, 0.1) is 25.7 Å². The molecule has 0 aromatic heterocycles. The van der Waals surface area contributed by atoms with Crippen molar-refractivity contribution in [3.63, 3.8) is 0 Å². The number of hydrogen-bond acceptors (Lipinski definition) is 5. The molecule has 1 unspecified atom stereocenters. The lowest BCUT2D eigenvalue weighted by Crippen LogP contribution is -2.56. The molecule has 1 aliphatic carbocycles. The lowest BCUT2D eigenvalue weighted by Gasteiger charge is -2.51. The smallest absolute Gasteiger partial charge is 0.309 e. The number of esters is 1. The summed E-state index contributed by atoms with van der Waals surface area (Å²) < 4.78 is 22.3. The zero-order valence-corrected chi connectivity index (χ0v) is 13.1. The van der Waals surface area contributed by atoms with Crippen molar-refractivity contribution >= 4 is 5.97 Å². The van der Waals surface area contributed by atoms with Gasteiger partial charge in [0.25, 0.3) is 0 Å². The van der Waals surface area contributed by atoms with Crippen molar-refractivity contribution in [3.8, 4) is 0 Å². The molecule has 0 spiro atoms. The molecule has 1 saturated heterocycles. The largest absolute Gasteiger partial charge is 0.469 e. The molecule has 0 bridgehead atoms. The first-order chi connectivity index (χ1) is 9.40. The highest BCUT2D eigenvalue weighted by Gasteiger charge is 2.61. The summed E-state index contributed by atoms with van der Waals surface area (Å²) in [6.45, 7) is 6.40. The molecule has 20 heavy (non-hydrogen) atoms. The molecule has 5 heteroatoms. The van der Waals surface area contributed by atoms with Gasteiger partial charge >= 0.3 is 5.97 Å². The van der Waals surface area contributed by atoms with Gasteiger partial charge < -0.3 is 18.9 Å². The monoisotopic (exact) mass is 286 g/mol. The SMILES string of the molecule is CC[C@]1(C2OC(C)(C)O[C@@H]2COC)CC[C@@H]1C(=O)OC. The van der Waals surface area contributed by atoms with Gasteiger partial charge in [0, 0.05) is 12.5 Å². The summed E-state index contributed by atoms with van der Waals surface area (Å²) in [4.78, 5) is 12.0. The Morgan fingerprint density at radius 1 is 1.30 bits per heavy atom. The summed E-state index contributed by atoms with van der Waals surface area (Å²) in [5.41, 5.74) is -0.190. The van der Waals surface area contributed by atoms with Crippen LogP contribution in [0.1, 0.15) is 40.0 Å². The summed E-state index contributed by atoms with van der Waals surface area (Å²) in [5, 5.41) is 0. The van der Waals surface area contributed by atoms with Crippen LogP contribution in [0.5, 0.6) is 0 Å². The minimum Gasteiger partial charge on any atom is -0.469 e. The molecule has 0 radical (unpaired) electrons. The van der Waals surface area contributed by atoms with Gasteiger partial charge in [-0.1, -0.05) is 6.92 Å². The fourth-order valence-corrected chi connectivity index (χ4v) is 3.73. The molecule has 2 rings (SSSR count). The summed E-state index contributed by atoms with van der Waals surface area (Å²) in [5.74, 6) is -0.867. The van der Waals surface area contributed by atoms with Crippen LogP contribution in [0, 0.1) is 11.3 Å². The first-order valence-electron chi connectivity index (χ1n) is 7.32. The van der Waals surface area contributed by atoms with Gasteiger partial charge in [0.2, 0.25) is 0 Å². The number of carbonyl (C=O) groups is 1. The van der Waals surface area contributed by atoms with Gasteiger partial charge in [-0.3, -0.25) is 4.79 Å². The Morgan fingerprint density at radius 2 is 2.00 bits per heavy atom. The second kappa shape index (κ2) is 5.62. The highest BCUT2D eigenvalue weighted by molar-refractivity contribution is 5.74. The maximum absolute atomic E-state index is 12.0.